The van der Waals surface area contributed by atoms with Crippen molar-refractivity contribution < 1.29 is 48.3 Å². The van der Waals surface area contributed by atoms with E-state index in [-0.39, 0.29) is 53.9 Å². The topological polar surface area (TPSA) is 336 Å². The number of hydrogen-bond acceptors (Lipinski definition) is 11. The summed E-state index contributed by atoms with van der Waals surface area (Å²) in [6.07, 6.45) is 1.12. The molecule has 316 valence electrons. The van der Waals surface area contributed by atoms with E-state index in [0.717, 1.165) is 0 Å². The van der Waals surface area contributed by atoms with Crippen LogP contribution in [0.3, 0.4) is 0 Å². The number of carbonyl (C=O) groups excluding carboxylic acids is 9. The number of amides is 9. The molecule has 22 heteroatoms. The zero-order valence-corrected chi connectivity index (χ0v) is 33.6. The lowest BCUT2D eigenvalue weighted by molar-refractivity contribution is -0.134. The molecule has 3 rings (SSSR count). The molecule has 1 saturated heterocycles. The fraction of sp³-hybridized carbons (Fsp3) is 0.571. The molecular formula is C35H54N10O10S2. The maximum Gasteiger partial charge on any atom is 0.244 e. The number of carbonyl (C=O) groups is 9. The summed E-state index contributed by atoms with van der Waals surface area (Å²) in [6, 6.07) is -0.466. The van der Waals surface area contributed by atoms with Gasteiger partial charge in [0.2, 0.25) is 53.2 Å². The van der Waals surface area contributed by atoms with Crippen LogP contribution in [-0.4, -0.2) is 131 Å². The highest BCUT2D eigenvalue weighted by Crippen LogP contribution is 2.13. The first-order valence-electron chi connectivity index (χ1n) is 18.4. The minimum absolute atomic E-state index is 0.0357. The molecule has 7 atom stereocenters. The molecule has 14 N–H and O–H groups in total. The van der Waals surface area contributed by atoms with E-state index in [0.29, 0.717) is 24.9 Å². The maximum absolute atomic E-state index is 13.9. The van der Waals surface area contributed by atoms with Crippen molar-refractivity contribution in [1.82, 2.24) is 37.2 Å². The van der Waals surface area contributed by atoms with E-state index in [1.54, 1.807) is 0 Å². The van der Waals surface area contributed by atoms with Crippen LogP contribution in [0, 0.1) is 5.92 Å². The van der Waals surface area contributed by atoms with Gasteiger partial charge >= 0.3 is 0 Å². The molecule has 0 aromatic heterocycles. The molecule has 2 heterocycles. The maximum atomic E-state index is 13.9. The molecule has 9 amide bonds. The Morgan fingerprint density at radius 2 is 1.21 bits per heavy atom. The predicted octanol–water partition coefficient (Wildman–Crippen LogP) is -5.08. The van der Waals surface area contributed by atoms with Crippen molar-refractivity contribution in [1.29, 1.82) is 0 Å². The van der Waals surface area contributed by atoms with Gasteiger partial charge in [0.1, 0.15) is 36.0 Å². The Hall–Kier alpha value is -5.09. The van der Waals surface area contributed by atoms with Crippen LogP contribution in [0.5, 0.6) is 5.75 Å². The van der Waals surface area contributed by atoms with Gasteiger partial charge in [0, 0.05) is 17.9 Å². The summed E-state index contributed by atoms with van der Waals surface area (Å²) in [7, 11) is -2.24. The van der Waals surface area contributed by atoms with Crippen LogP contribution in [0.15, 0.2) is 24.3 Å². The van der Waals surface area contributed by atoms with E-state index in [9.17, 15) is 48.3 Å². The third-order valence-electron chi connectivity index (χ3n) is 8.72. The van der Waals surface area contributed by atoms with Crippen LogP contribution >= 0.6 is 0 Å². The van der Waals surface area contributed by atoms with Crippen LogP contribution < -0.4 is 54.4 Å². The predicted molar refractivity (Wildman–Crippen MR) is 212 cm³/mol. The first-order valence-corrected chi connectivity index (χ1v) is 22.0. The minimum atomic E-state index is -1.36. The van der Waals surface area contributed by atoms with E-state index in [2.05, 4.69) is 37.2 Å². The largest absolute Gasteiger partial charge is 0.508 e. The van der Waals surface area contributed by atoms with Gasteiger partial charge in [-0.15, -0.1) is 18.9 Å². The van der Waals surface area contributed by atoms with Crippen LogP contribution in [0.25, 0.3) is 0 Å². The molecule has 0 saturated carbocycles. The number of unbranched alkanes of at least 4 members (excludes halogenated alkanes) is 1. The smallest absolute Gasteiger partial charge is 0.244 e. The van der Waals surface area contributed by atoms with E-state index >= 15 is 0 Å². The Morgan fingerprint density at radius 3 is 1.77 bits per heavy atom. The van der Waals surface area contributed by atoms with E-state index in [1.807, 2.05) is 13.8 Å². The number of fused-ring (bicyclic) bond motifs is 3. The number of nitrogens with one attached hydrogen (secondary N) is 7. The highest BCUT2D eigenvalue weighted by molar-refractivity contribution is 8.44. The molecule has 1 aromatic rings. The highest BCUT2D eigenvalue weighted by atomic mass is 32.9. The second-order valence-corrected chi connectivity index (χ2v) is 19.9. The van der Waals surface area contributed by atoms with Gasteiger partial charge in [-0.3, -0.25) is 43.2 Å². The highest BCUT2D eigenvalue weighted by Gasteiger charge is 2.34. The number of rotatable bonds is 12. The average Bonchev–Trinajstić information content (AvgIpc) is 3.13. The Morgan fingerprint density at radius 1 is 0.684 bits per heavy atom. The van der Waals surface area contributed by atoms with Crippen molar-refractivity contribution in [2.24, 2.45) is 23.1 Å². The summed E-state index contributed by atoms with van der Waals surface area (Å²) in [5.74, 6) is -7.96. The van der Waals surface area contributed by atoms with E-state index in [1.165, 1.54) is 24.3 Å². The fourth-order valence-electron chi connectivity index (χ4n) is 5.96. The number of primary amides is 2. The zero-order chi connectivity index (χ0) is 42.2. The summed E-state index contributed by atoms with van der Waals surface area (Å²) in [5.41, 5.74) is 17.3. The first kappa shape index (κ1) is 46.3. The Balaban J connectivity index is 2.07. The molecule has 2 bridgehead atoms. The third kappa shape index (κ3) is 15.8. The van der Waals surface area contributed by atoms with Gasteiger partial charge in [0.25, 0.3) is 0 Å². The van der Waals surface area contributed by atoms with Crippen molar-refractivity contribution in [3.63, 3.8) is 0 Å². The number of aromatic hydroxyl groups is 1. The molecule has 2 unspecified atom stereocenters. The second kappa shape index (κ2) is 22.6. The standard InChI is InChI=1S/C35H54N10O10S2/c1-19(2)11-23-31(51)39-14-30(50)42-26-16-57(18-28(38)48)56(17-27(37)47)15-25(45-35(26)55)32(52)40-13-29(49)41-24(12-20-6-8-21(46)9-7-20)34(54)43-22(33(53)44-23)5-3-4-10-36/h6-9,19,22-26,46H,3-5,10-18,36H2,1-2H3,(H2,37,47)(H2,38,48)(H,39,51)(H,40,52)(H,41,49)(H,42,50)(H,43,54)(H,44,53)(H,45,55)/t22-,23-,24-,25-,26-,56?,57?/m0/s1. The third-order valence-corrected chi connectivity index (χ3v) is 15.5. The molecule has 0 radical (unpaired) electrons. The zero-order valence-electron chi connectivity index (χ0n) is 31.9. The summed E-state index contributed by atoms with van der Waals surface area (Å²) in [6.45, 7) is 2.65. The van der Waals surface area contributed by atoms with Crippen LogP contribution in [0.4, 0.5) is 0 Å². The summed E-state index contributed by atoms with van der Waals surface area (Å²) < 4.78 is 0. The average molecular weight is 839 g/mol. The second-order valence-electron chi connectivity index (χ2n) is 14.1. The lowest BCUT2D eigenvalue weighted by atomic mass is 10.0. The molecule has 1 aromatic carbocycles. The Labute approximate surface area is 334 Å². The number of benzene rings is 1. The van der Waals surface area contributed by atoms with Gasteiger partial charge in [-0.2, -0.15) is 0 Å². The lowest BCUT2D eigenvalue weighted by Gasteiger charge is -2.30. The van der Waals surface area contributed by atoms with Gasteiger partial charge in [-0.05, 0) is 55.8 Å². The van der Waals surface area contributed by atoms with Crippen molar-refractivity contribution in [2.75, 3.05) is 42.6 Å². The van der Waals surface area contributed by atoms with Crippen molar-refractivity contribution >= 4 is 72.1 Å². The van der Waals surface area contributed by atoms with Gasteiger partial charge in [-0.1, -0.05) is 26.0 Å². The molecule has 0 spiro atoms. The Bertz CT molecular complexity index is 1730. The number of nitrogens with two attached hydrogens (primary N) is 3. The minimum Gasteiger partial charge on any atom is -0.508 e. The summed E-state index contributed by atoms with van der Waals surface area (Å²) in [4.78, 5) is 119. The molecule has 0 aliphatic carbocycles. The van der Waals surface area contributed by atoms with Crippen molar-refractivity contribution in [3.05, 3.63) is 29.8 Å². The molecule has 2 aliphatic rings. The van der Waals surface area contributed by atoms with Crippen molar-refractivity contribution in [3.8, 4) is 5.75 Å². The summed E-state index contributed by atoms with van der Waals surface area (Å²) in [5, 5.41) is 27.7. The quantitative estimate of drug-likeness (QED) is 0.0885. The van der Waals surface area contributed by atoms with Gasteiger partial charge < -0.3 is 59.5 Å². The first-order chi connectivity index (χ1) is 26.9. The van der Waals surface area contributed by atoms with Crippen LogP contribution in [0.2, 0.25) is 0 Å². The monoisotopic (exact) mass is 838 g/mol. The van der Waals surface area contributed by atoms with Crippen molar-refractivity contribution in [2.45, 2.75) is 76.2 Å². The molecule has 20 nitrogen and oxygen atoms in total. The SMILES string of the molecule is CC(C)C[C@@H]1NC(=O)[C@H](CCCCN)NC(=O)[C@H](Cc2ccc(O)cc2)NC(=O)CNC(=O)[C@@H]2C/S(CC(N)=O)=S(/CC(N)=O)C[C@H](NC(=O)CNC1=O)C(=O)N2. The molecule has 2 aliphatic heterocycles. The normalized spacial score (nSPS) is 25.9. The van der Waals surface area contributed by atoms with E-state index < -0.39 is 115 Å². The Kier molecular flexibility index (Phi) is 18.4. The van der Waals surface area contributed by atoms with Gasteiger partial charge in [0.05, 0.1) is 24.6 Å². The summed E-state index contributed by atoms with van der Waals surface area (Å²) >= 11 is 0. The fourth-order valence-corrected chi connectivity index (χ4v) is 12.4. The van der Waals surface area contributed by atoms with Crippen LogP contribution in [-0.2, 0) is 68.5 Å². The molecular weight excluding hydrogens is 785 g/mol. The number of hydrogen-bond donors (Lipinski definition) is 11. The number of phenolic OH excluding ortho intramolecular Hbond substituents is 1. The van der Waals surface area contributed by atoms with E-state index in [4.69, 9.17) is 17.2 Å². The number of phenols is 1. The van der Waals surface area contributed by atoms with Gasteiger partial charge in [-0.25, -0.2) is 0 Å². The molecule has 57 heavy (non-hydrogen) atoms. The van der Waals surface area contributed by atoms with Crippen LogP contribution in [0.1, 0.15) is 45.1 Å². The van der Waals surface area contributed by atoms with Gasteiger partial charge in [0.15, 0.2) is 0 Å². The molecule has 1 fully saturated rings. The lowest BCUT2D eigenvalue weighted by Crippen LogP contribution is -2.60.